The number of nitrogens with zero attached hydrogens (tertiary/aromatic N) is 5. The van der Waals surface area contributed by atoms with Crippen LogP contribution in [-0.4, -0.2) is 43.1 Å². The van der Waals surface area contributed by atoms with Gasteiger partial charge in [-0.25, -0.2) is 14.2 Å². The third-order valence-corrected chi connectivity index (χ3v) is 7.28. The first-order valence-corrected chi connectivity index (χ1v) is 12.4. The fourth-order valence-electron chi connectivity index (χ4n) is 5.25. The van der Waals surface area contributed by atoms with E-state index in [0.717, 1.165) is 52.5 Å². The van der Waals surface area contributed by atoms with Gasteiger partial charge in [0.25, 0.3) is 5.56 Å². The number of anilines is 1. The number of nitrogens with one attached hydrogen (secondary N) is 1. The van der Waals surface area contributed by atoms with Crippen molar-refractivity contribution in [3.05, 3.63) is 91.5 Å². The number of H-pyrrole nitrogens is 1. The summed E-state index contributed by atoms with van der Waals surface area (Å²) in [7, 11) is 3.43. The van der Waals surface area contributed by atoms with Crippen LogP contribution >= 0.6 is 0 Å². The number of aliphatic imine (C=N–C) groups is 1. The minimum atomic E-state index is -0.750. The van der Waals surface area contributed by atoms with Gasteiger partial charge in [0, 0.05) is 38.8 Å². The van der Waals surface area contributed by atoms with E-state index in [1.165, 1.54) is 6.21 Å². The van der Waals surface area contributed by atoms with Crippen LogP contribution in [0.4, 0.5) is 11.4 Å². The van der Waals surface area contributed by atoms with E-state index in [1.54, 1.807) is 35.4 Å². The smallest absolute Gasteiger partial charge is 0.335 e. The zero-order valence-corrected chi connectivity index (χ0v) is 21.0. The zero-order chi connectivity index (χ0) is 26.6. The lowest BCUT2D eigenvalue weighted by atomic mass is 10.1. The van der Waals surface area contributed by atoms with Gasteiger partial charge >= 0.3 is 11.4 Å². The molecule has 5 aromatic rings. The molecular weight excluding hydrogens is 484 g/mol. The predicted molar refractivity (Wildman–Crippen MR) is 149 cm³/mol. The lowest BCUT2D eigenvalue weighted by Crippen LogP contribution is -2.31. The summed E-state index contributed by atoms with van der Waals surface area (Å²) in [4.78, 5) is 47.3. The number of aromatic amines is 1. The topological polar surface area (TPSA) is 118 Å². The third kappa shape index (κ3) is 3.64. The highest BCUT2D eigenvalue weighted by Gasteiger charge is 2.20. The molecule has 10 heteroatoms. The van der Waals surface area contributed by atoms with E-state index in [9.17, 15) is 19.5 Å². The monoisotopic (exact) mass is 510 g/mol. The highest BCUT2D eigenvalue weighted by Crippen LogP contribution is 2.35. The molecule has 192 valence electrons. The van der Waals surface area contributed by atoms with Crippen molar-refractivity contribution in [3.8, 4) is 11.6 Å². The molecule has 1 aliphatic rings. The Kier molecular flexibility index (Phi) is 5.52. The molecule has 0 unspecified atom stereocenters. The molecule has 38 heavy (non-hydrogen) atoms. The second-order valence-electron chi connectivity index (χ2n) is 9.51. The number of imidazole rings is 1. The number of hydrogen-bond acceptors (Lipinski definition) is 6. The molecule has 6 rings (SSSR count). The van der Waals surface area contributed by atoms with Crippen LogP contribution in [0, 0.1) is 0 Å². The van der Waals surface area contributed by atoms with Crippen LogP contribution in [0.25, 0.3) is 27.5 Å². The number of benzene rings is 3. The van der Waals surface area contributed by atoms with Crippen LogP contribution in [0.15, 0.2) is 74.0 Å². The Balaban J connectivity index is 1.54. The maximum atomic E-state index is 12.8. The van der Waals surface area contributed by atoms with Crippen molar-refractivity contribution in [2.24, 2.45) is 19.1 Å². The van der Waals surface area contributed by atoms with Gasteiger partial charge in [-0.2, -0.15) is 0 Å². The standard InChI is InChI=1S/C28H26N6O4/c1-31-23-14-20(22(33-12-5-6-13-33)15-24(23)32(2)28(31)38)29-16-19-25(35)30-27(37)34(26(19)36)21-11-7-9-17-8-3-4-10-18(17)21/h3-4,7-11,14-16,36H,5-6,12-13H2,1-2H3,(H,30,35,37). The fourth-order valence-corrected chi connectivity index (χ4v) is 5.25. The second-order valence-corrected chi connectivity index (χ2v) is 9.51. The molecule has 10 nitrogen and oxygen atoms in total. The lowest BCUT2D eigenvalue weighted by Gasteiger charge is -2.20. The van der Waals surface area contributed by atoms with E-state index >= 15 is 0 Å². The molecule has 1 aliphatic heterocycles. The predicted octanol–water partition coefficient (Wildman–Crippen LogP) is 2.93. The first-order valence-electron chi connectivity index (χ1n) is 12.4. The molecule has 1 fully saturated rings. The Morgan fingerprint density at radius 2 is 1.58 bits per heavy atom. The van der Waals surface area contributed by atoms with E-state index in [0.29, 0.717) is 16.9 Å². The van der Waals surface area contributed by atoms with E-state index in [2.05, 4.69) is 14.9 Å². The molecule has 1 saturated heterocycles. The van der Waals surface area contributed by atoms with Gasteiger partial charge < -0.3 is 10.0 Å². The van der Waals surface area contributed by atoms with Gasteiger partial charge in [0.05, 0.1) is 28.1 Å². The van der Waals surface area contributed by atoms with Crippen molar-refractivity contribution in [3.63, 3.8) is 0 Å². The summed E-state index contributed by atoms with van der Waals surface area (Å²) in [6.45, 7) is 1.71. The van der Waals surface area contributed by atoms with Gasteiger partial charge in [0.2, 0.25) is 5.88 Å². The SMILES string of the molecule is Cn1c(=O)n(C)c2cc(N3CCCC3)c(N=Cc3c(O)n(-c4cccc5ccccc45)c(=O)[nH]c3=O)cc21. The van der Waals surface area contributed by atoms with Crippen LogP contribution in [-0.2, 0) is 14.1 Å². The average molecular weight is 511 g/mol. The molecule has 2 N–H and O–H groups in total. The summed E-state index contributed by atoms with van der Waals surface area (Å²) in [5, 5.41) is 12.8. The molecular formula is C28H26N6O4. The third-order valence-electron chi connectivity index (χ3n) is 7.28. The van der Waals surface area contributed by atoms with Gasteiger partial charge in [-0.3, -0.25) is 23.9 Å². The largest absolute Gasteiger partial charge is 0.493 e. The Morgan fingerprint density at radius 1 is 0.895 bits per heavy atom. The number of aromatic hydroxyl groups is 1. The minimum Gasteiger partial charge on any atom is -0.493 e. The van der Waals surface area contributed by atoms with Crippen LogP contribution in [0.2, 0.25) is 0 Å². The zero-order valence-electron chi connectivity index (χ0n) is 21.0. The average Bonchev–Trinajstić information content (AvgIpc) is 3.52. The molecule has 2 aromatic heterocycles. The minimum absolute atomic E-state index is 0.146. The Morgan fingerprint density at radius 3 is 2.34 bits per heavy atom. The van der Waals surface area contributed by atoms with E-state index in [4.69, 9.17) is 0 Å². The summed E-state index contributed by atoms with van der Waals surface area (Å²) in [6, 6.07) is 16.6. The van der Waals surface area contributed by atoms with Crippen molar-refractivity contribution >= 4 is 39.4 Å². The Hall–Kier alpha value is -4.86. The summed E-state index contributed by atoms with van der Waals surface area (Å²) < 4.78 is 4.22. The van der Waals surface area contributed by atoms with Crippen LogP contribution in [0.1, 0.15) is 18.4 Å². The Labute approximate surface area is 216 Å². The van der Waals surface area contributed by atoms with Crippen molar-refractivity contribution in [1.82, 2.24) is 18.7 Å². The summed E-state index contributed by atoms with van der Waals surface area (Å²) in [5.41, 5.74) is 1.53. The molecule has 0 amide bonds. The van der Waals surface area contributed by atoms with E-state index < -0.39 is 17.1 Å². The summed E-state index contributed by atoms with van der Waals surface area (Å²) in [6.07, 6.45) is 3.37. The van der Waals surface area contributed by atoms with E-state index in [1.807, 2.05) is 42.5 Å². The maximum absolute atomic E-state index is 12.8. The molecule has 0 bridgehead atoms. The van der Waals surface area contributed by atoms with Crippen molar-refractivity contribution in [1.29, 1.82) is 0 Å². The van der Waals surface area contributed by atoms with Gasteiger partial charge in [-0.15, -0.1) is 0 Å². The number of aromatic nitrogens is 4. The highest BCUT2D eigenvalue weighted by molar-refractivity contribution is 5.93. The first-order chi connectivity index (χ1) is 18.3. The Bertz CT molecular complexity index is 1930. The molecule has 0 aliphatic carbocycles. The first kappa shape index (κ1) is 23.5. The molecule has 3 aromatic carbocycles. The molecule has 0 atom stereocenters. The quantitative estimate of drug-likeness (QED) is 0.361. The molecule has 3 heterocycles. The van der Waals surface area contributed by atoms with E-state index in [-0.39, 0.29) is 11.3 Å². The maximum Gasteiger partial charge on any atom is 0.335 e. The van der Waals surface area contributed by atoms with Gasteiger partial charge in [0.1, 0.15) is 5.56 Å². The van der Waals surface area contributed by atoms with Gasteiger partial charge in [0.15, 0.2) is 0 Å². The van der Waals surface area contributed by atoms with Gasteiger partial charge in [-0.05, 0) is 36.4 Å². The van der Waals surface area contributed by atoms with Crippen LogP contribution < -0.4 is 21.8 Å². The fraction of sp³-hybridized carbons (Fsp3) is 0.214. The summed E-state index contributed by atoms with van der Waals surface area (Å²) >= 11 is 0. The lowest BCUT2D eigenvalue weighted by molar-refractivity contribution is 0.430. The van der Waals surface area contributed by atoms with Crippen molar-refractivity contribution in [2.75, 3.05) is 18.0 Å². The summed E-state index contributed by atoms with van der Waals surface area (Å²) in [5.74, 6) is -0.505. The second kappa shape index (κ2) is 8.91. The van der Waals surface area contributed by atoms with Gasteiger partial charge in [-0.1, -0.05) is 36.4 Å². The van der Waals surface area contributed by atoms with Crippen molar-refractivity contribution < 1.29 is 5.11 Å². The number of rotatable bonds is 4. The highest BCUT2D eigenvalue weighted by atomic mass is 16.3. The number of aryl methyl sites for hydroxylation is 2. The van der Waals surface area contributed by atoms with Crippen LogP contribution in [0.3, 0.4) is 0 Å². The number of hydrogen-bond donors (Lipinski definition) is 2. The van der Waals surface area contributed by atoms with Crippen LogP contribution in [0.5, 0.6) is 5.88 Å². The molecule has 0 spiro atoms. The molecule has 0 saturated carbocycles. The normalized spacial score (nSPS) is 13.9. The number of fused-ring (bicyclic) bond motifs is 2. The molecule has 0 radical (unpaired) electrons. The van der Waals surface area contributed by atoms with Crippen molar-refractivity contribution in [2.45, 2.75) is 12.8 Å².